The molecule has 0 spiro atoms. The maximum Gasteiger partial charge on any atom is 0.416 e. The summed E-state index contributed by atoms with van der Waals surface area (Å²) in [7, 11) is -4.18. The fraction of sp³-hybridized carbons (Fsp3) is 0.286. The number of ether oxygens (including phenoxy) is 1. The summed E-state index contributed by atoms with van der Waals surface area (Å²) in [4.78, 5) is 13.3. The van der Waals surface area contributed by atoms with Crippen molar-refractivity contribution in [3.63, 3.8) is 0 Å². The molecule has 3 rings (SSSR count). The van der Waals surface area contributed by atoms with Crippen LogP contribution in [0.1, 0.15) is 11.1 Å². The van der Waals surface area contributed by atoms with Crippen molar-refractivity contribution >= 4 is 22.0 Å². The number of sulfonamides is 1. The van der Waals surface area contributed by atoms with Gasteiger partial charge in [0.05, 0.1) is 10.5 Å². The van der Waals surface area contributed by atoms with Crippen molar-refractivity contribution in [3.8, 4) is 5.75 Å². The predicted octanol–water partition coefficient (Wildman–Crippen LogP) is 3.85. The molecule has 0 radical (unpaired) electrons. The van der Waals surface area contributed by atoms with Gasteiger partial charge in [-0.25, -0.2) is 8.42 Å². The van der Waals surface area contributed by atoms with Crippen LogP contribution in [0.15, 0.2) is 59.5 Å². The minimum Gasteiger partial charge on any atom is -0.434 e. The highest BCUT2D eigenvalue weighted by atomic mass is 32.2. The average molecular weight is 490 g/mol. The number of nitrogens with zero attached hydrogens (tertiary/aromatic N) is 2. The summed E-state index contributed by atoms with van der Waals surface area (Å²) < 4.78 is 94.6. The molecule has 0 saturated carbocycles. The van der Waals surface area contributed by atoms with Crippen molar-refractivity contribution in [2.75, 3.05) is 26.2 Å². The molecule has 0 aromatic heterocycles. The first-order chi connectivity index (χ1) is 15.5. The molecule has 1 aliphatic rings. The van der Waals surface area contributed by atoms with Crippen molar-refractivity contribution in [1.82, 2.24) is 9.21 Å². The summed E-state index contributed by atoms with van der Waals surface area (Å²) >= 11 is 0. The minimum absolute atomic E-state index is 0.0105. The molecule has 0 aliphatic carbocycles. The van der Waals surface area contributed by atoms with Crippen molar-refractivity contribution in [2.24, 2.45) is 0 Å². The minimum atomic E-state index is -4.68. The molecule has 2 aromatic carbocycles. The van der Waals surface area contributed by atoms with E-state index in [4.69, 9.17) is 0 Å². The highest BCUT2D eigenvalue weighted by Gasteiger charge is 2.34. The van der Waals surface area contributed by atoms with E-state index in [1.54, 1.807) is 6.07 Å². The zero-order valence-corrected chi connectivity index (χ0v) is 17.8. The number of carbonyl (C=O) groups excluding carboxylic acids is 1. The van der Waals surface area contributed by atoms with Crippen molar-refractivity contribution in [2.45, 2.75) is 17.7 Å². The van der Waals surface area contributed by atoms with Crippen LogP contribution in [0, 0.1) is 0 Å². The van der Waals surface area contributed by atoms with Crippen LogP contribution < -0.4 is 4.74 Å². The van der Waals surface area contributed by atoms with Crippen LogP contribution in [0.25, 0.3) is 6.08 Å². The lowest BCUT2D eigenvalue weighted by Crippen LogP contribution is -2.50. The molecule has 33 heavy (non-hydrogen) atoms. The number of rotatable bonds is 6. The van der Waals surface area contributed by atoms with Gasteiger partial charge in [0.25, 0.3) is 0 Å². The highest BCUT2D eigenvalue weighted by Crippen LogP contribution is 2.31. The smallest absolute Gasteiger partial charge is 0.416 e. The summed E-state index contributed by atoms with van der Waals surface area (Å²) in [5.41, 5.74) is -0.810. The summed E-state index contributed by atoms with van der Waals surface area (Å²) in [6.45, 7) is -3.22. The Morgan fingerprint density at radius 3 is 2.30 bits per heavy atom. The molecule has 0 bridgehead atoms. The molecular weight excluding hydrogens is 471 g/mol. The second-order valence-electron chi connectivity index (χ2n) is 7.00. The van der Waals surface area contributed by atoms with Crippen LogP contribution in [0.4, 0.5) is 22.0 Å². The fourth-order valence-corrected chi connectivity index (χ4v) is 4.69. The average Bonchev–Trinajstić information content (AvgIpc) is 2.77. The molecule has 6 nitrogen and oxygen atoms in total. The van der Waals surface area contributed by atoms with Gasteiger partial charge in [-0.1, -0.05) is 24.3 Å². The van der Waals surface area contributed by atoms with E-state index in [9.17, 15) is 35.2 Å². The SMILES string of the molecule is O=C(/C=C/c1ccccc1OC(F)F)N1CCN(S(=O)(=O)c2cccc(C(F)(F)F)c2)CC1. The Labute approximate surface area is 186 Å². The Balaban J connectivity index is 1.65. The number of carbonyl (C=O) groups is 1. The number of halogens is 5. The van der Waals surface area contributed by atoms with Gasteiger partial charge in [-0.3, -0.25) is 4.79 Å². The number of amides is 1. The molecule has 0 N–H and O–H groups in total. The zero-order valence-electron chi connectivity index (χ0n) is 17.0. The lowest BCUT2D eigenvalue weighted by Gasteiger charge is -2.33. The van der Waals surface area contributed by atoms with Gasteiger partial charge in [-0.05, 0) is 30.3 Å². The number of hydrogen-bond donors (Lipinski definition) is 0. The molecular formula is C21H19F5N2O4S. The largest absolute Gasteiger partial charge is 0.434 e. The van der Waals surface area contributed by atoms with Gasteiger partial charge >= 0.3 is 12.8 Å². The van der Waals surface area contributed by atoms with Gasteiger partial charge in [-0.2, -0.15) is 26.3 Å². The Morgan fingerprint density at radius 1 is 1.00 bits per heavy atom. The van der Waals surface area contributed by atoms with Crippen LogP contribution >= 0.6 is 0 Å². The van der Waals surface area contributed by atoms with Gasteiger partial charge in [0.2, 0.25) is 15.9 Å². The van der Waals surface area contributed by atoms with E-state index >= 15 is 0 Å². The van der Waals surface area contributed by atoms with E-state index < -0.39 is 39.2 Å². The first-order valence-corrected chi connectivity index (χ1v) is 11.1. The van der Waals surface area contributed by atoms with Gasteiger partial charge in [0.1, 0.15) is 5.75 Å². The normalized spacial score (nSPS) is 15.9. The molecule has 1 aliphatic heterocycles. The third-order valence-electron chi connectivity index (χ3n) is 4.89. The zero-order chi connectivity index (χ0) is 24.2. The van der Waals surface area contributed by atoms with Crippen LogP contribution in [0.5, 0.6) is 5.75 Å². The van der Waals surface area contributed by atoms with E-state index in [1.807, 2.05) is 0 Å². The highest BCUT2D eigenvalue weighted by molar-refractivity contribution is 7.89. The molecule has 1 amide bonds. The number of para-hydroxylation sites is 1. The molecule has 0 unspecified atom stereocenters. The summed E-state index contributed by atoms with van der Waals surface area (Å²) in [5, 5.41) is 0. The fourth-order valence-electron chi connectivity index (χ4n) is 3.22. The van der Waals surface area contributed by atoms with Crippen molar-refractivity contribution < 1.29 is 39.9 Å². The van der Waals surface area contributed by atoms with Crippen LogP contribution in [-0.2, 0) is 21.0 Å². The summed E-state index contributed by atoms with van der Waals surface area (Å²) in [6, 6.07) is 9.37. The van der Waals surface area contributed by atoms with E-state index in [1.165, 1.54) is 29.2 Å². The maximum absolute atomic E-state index is 12.9. The van der Waals surface area contributed by atoms with E-state index in [-0.39, 0.29) is 37.5 Å². The van der Waals surface area contributed by atoms with E-state index in [0.29, 0.717) is 6.07 Å². The summed E-state index contributed by atoms with van der Waals surface area (Å²) in [6.07, 6.45) is -2.21. The molecule has 1 heterocycles. The second kappa shape index (κ2) is 9.87. The van der Waals surface area contributed by atoms with Gasteiger partial charge in [-0.15, -0.1) is 0 Å². The van der Waals surface area contributed by atoms with Crippen LogP contribution in [-0.4, -0.2) is 56.3 Å². The Kier molecular flexibility index (Phi) is 7.38. The summed E-state index contributed by atoms with van der Waals surface area (Å²) in [5.74, 6) is -0.577. The quantitative estimate of drug-likeness (QED) is 0.456. The first-order valence-electron chi connectivity index (χ1n) is 9.67. The third kappa shape index (κ3) is 6.08. The van der Waals surface area contributed by atoms with E-state index in [2.05, 4.69) is 4.74 Å². The lowest BCUT2D eigenvalue weighted by molar-refractivity contribution is -0.137. The monoisotopic (exact) mass is 490 g/mol. The molecule has 12 heteroatoms. The van der Waals surface area contributed by atoms with Gasteiger partial charge in [0, 0.05) is 37.8 Å². The van der Waals surface area contributed by atoms with E-state index in [0.717, 1.165) is 28.6 Å². The first kappa shape index (κ1) is 24.6. The van der Waals surface area contributed by atoms with Crippen molar-refractivity contribution in [1.29, 1.82) is 0 Å². The van der Waals surface area contributed by atoms with Crippen LogP contribution in [0.2, 0.25) is 0 Å². The molecule has 178 valence electrons. The topological polar surface area (TPSA) is 66.9 Å². The van der Waals surface area contributed by atoms with Gasteiger partial charge < -0.3 is 9.64 Å². The predicted molar refractivity (Wildman–Crippen MR) is 109 cm³/mol. The number of piperazine rings is 1. The Morgan fingerprint density at radius 2 is 1.67 bits per heavy atom. The Hall–Kier alpha value is -2.99. The number of alkyl halides is 5. The van der Waals surface area contributed by atoms with Gasteiger partial charge in [0.15, 0.2) is 0 Å². The number of hydrogen-bond acceptors (Lipinski definition) is 4. The second-order valence-corrected chi connectivity index (χ2v) is 8.94. The van der Waals surface area contributed by atoms with Crippen molar-refractivity contribution in [3.05, 3.63) is 65.7 Å². The Bertz CT molecular complexity index is 1130. The lowest BCUT2D eigenvalue weighted by atomic mass is 10.2. The maximum atomic E-state index is 12.9. The standard InChI is InChI=1S/C21H19F5N2O4S/c22-20(23)32-18-7-2-1-4-15(18)8-9-19(29)27-10-12-28(13-11-27)33(30,31)17-6-3-5-16(14-17)21(24,25)26/h1-9,14,20H,10-13H2/b9-8+. The molecule has 1 fully saturated rings. The van der Waals surface area contributed by atoms with Crippen LogP contribution in [0.3, 0.4) is 0 Å². The molecule has 2 aromatic rings. The molecule has 1 saturated heterocycles. The molecule has 0 atom stereocenters. The number of benzene rings is 2. The third-order valence-corrected chi connectivity index (χ3v) is 6.78.